The molecule has 0 radical (unpaired) electrons. The van der Waals surface area contributed by atoms with E-state index in [0.717, 1.165) is 19.3 Å². The maximum Gasteiger partial charge on any atom is 0.321 e. The van der Waals surface area contributed by atoms with Gasteiger partial charge in [0.25, 0.3) is 10.4 Å². The molecular formula is C14H36N2O6S. The first-order valence-corrected chi connectivity index (χ1v) is 8.96. The number of quaternary nitrogens is 2. The van der Waals surface area contributed by atoms with Crippen LogP contribution in [0.5, 0.6) is 0 Å². The molecule has 144 valence electrons. The number of unbranched alkanes of at least 4 members (excludes halogenated alkanes) is 8. The first-order chi connectivity index (χ1) is 9.87. The molecule has 0 rings (SSSR count). The van der Waals surface area contributed by atoms with Crippen LogP contribution in [0.4, 0.5) is 0 Å². The predicted octanol–water partition coefficient (Wildman–Crippen LogP) is 3.03. The van der Waals surface area contributed by atoms with Crippen LogP contribution < -0.4 is 17.4 Å². The van der Waals surface area contributed by atoms with Crippen molar-refractivity contribution in [3.05, 3.63) is 0 Å². The highest BCUT2D eigenvalue weighted by molar-refractivity contribution is 7.81. The second-order valence-corrected chi connectivity index (χ2v) is 5.71. The molecule has 0 bridgehead atoms. The average molecular weight is 361 g/mol. The summed E-state index contributed by atoms with van der Waals surface area (Å²) in [6, 6.07) is 0. The van der Waals surface area contributed by atoms with Gasteiger partial charge < -0.3 is 26.1 Å². The molecule has 0 amide bonds. The second-order valence-electron chi connectivity index (χ2n) is 4.73. The lowest BCUT2D eigenvalue weighted by Crippen LogP contribution is -2.11. The van der Waals surface area contributed by atoms with Crippen molar-refractivity contribution in [2.75, 3.05) is 6.61 Å². The molecule has 0 saturated heterocycles. The topological polar surface area (TPSA) is 180 Å². The zero-order chi connectivity index (χ0) is 16.6. The van der Waals surface area contributed by atoms with Gasteiger partial charge in [0.05, 0.1) is 0 Å². The molecule has 0 aliphatic heterocycles. The Morgan fingerprint density at radius 2 is 1.22 bits per heavy atom. The molecule has 0 aliphatic carbocycles. The second kappa shape index (κ2) is 21.3. The Bertz CT molecular complexity index is 336. The van der Waals surface area contributed by atoms with E-state index in [0.29, 0.717) is 6.42 Å². The number of rotatable bonds is 11. The van der Waals surface area contributed by atoms with Crippen LogP contribution in [-0.4, -0.2) is 25.5 Å². The van der Waals surface area contributed by atoms with Crippen molar-refractivity contribution in [2.45, 2.75) is 78.1 Å². The molecule has 0 saturated carbocycles. The molecular weight excluding hydrogens is 324 g/mol. The third-order valence-corrected chi connectivity index (χ3v) is 3.07. The molecule has 0 atom stereocenters. The first-order valence-electron chi connectivity index (χ1n) is 7.63. The quantitative estimate of drug-likeness (QED) is 0.324. The summed E-state index contributed by atoms with van der Waals surface area (Å²) in [6.07, 6.45) is 9.87. The first kappa shape index (κ1) is 30.2. The van der Waals surface area contributed by atoms with Gasteiger partial charge in [-0.25, -0.2) is 8.42 Å². The summed E-state index contributed by atoms with van der Waals surface area (Å²) in [5, 5.41) is 8.93. The zero-order valence-electron chi connectivity index (χ0n) is 15.1. The molecule has 0 unspecified atom stereocenters. The summed E-state index contributed by atoms with van der Waals surface area (Å²) < 4.78 is 34.0. The third kappa shape index (κ3) is 33.9. The summed E-state index contributed by atoms with van der Waals surface area (Å²) in [5.41, 5.74) is 0. The standard InChI is InChI=1S/C12H24O5S.C2H5O.2H3N/c1-2-3-4-5-6-7-8-9-10-11-12(13)17-18(14,15)16;1-2-3;;/h2-11H2,1H3,(H,14,15,16);2H2,1H3;2*1H3/q;-1;;/p+1. The lowest BCUT2D eigenvalue weighted by atomic mass is 10.1. The number of hydrogen-bond acceptors (Lipinski definition) is 6. The smallest absolute Gasteiger partial charge is 0.321 e. The fourth-order valence-corrected chi connectivity index (χ4v) is 2.05. The van der Waals surface area contributed by atoms with E-state index < -0.39 is 16.4 Å². The third-order valence-electron chi connectivity index (χ3n) is 2.68. The fraction of sp³-hybridized carbons (Fsp3) is 0.929. The molecule has 0 aromatic heterocycles. The Balaban J connectivity index is -0.000000332. The van der Waals surface area contributed by atoms with Gasteiger partial charge in [-0.1, -0.05) is 65.2 Å². The van der Waals surface area contributed by atoms with E-state index in [1.54, 1.807) is 6.92 Å². The van der Waals surface area contributed by atoms with Crippen molar-refractivity contribution >= 4 is 16.4 Å². The van der Waals surface area contributed by atoms with Gasteiger partial charge in [-0.15, -0.1) is 6.61 Å². The fourth-order valence-electron chi connectivity index (χ4n) is 1.74. The van der Waals surface area contributed by atoms with E-state index in [1.165, 1.54) is 32.1 Å². The average Bonchev–Trinajstić information content (AvgIpc) is 2.35. The highest BCUT2D eigenvalue weighted by Gasteiger charge is 2.06. The zero-order valence-corrected chi connectivity index (χ0v) is 16.0. The molecule has 9 heteroatoms. The van der Waals surface area contributed by atoms with Gasteiger partial charge in [0, 0.05) is 6.42 Å². The van der Waals surface area contributed by atoms with E-state index in [4.69, 9.17) is 5.11 Å². The molecule has 0 fully saturated rings. The monoisotopic (exact) mass is 360 g/mol. The predicted molar refractivity (Wildman–Crippen MR) is 90.1 cm³/mol. The molecule has 0 spiro atoms. The molecule has 23 heavy (non-hydrogen) atoms. The van der Waals surface area contributed by atoms with E-state index in [9.17, 15) is 17.8 Å². The van der Waals surface area contributed by atoms with E-state index in [-0.39, 0.29) is 25.3 Å². The van der Waals surface area contributed by atoms with Crippen LogP contribution in [0.3, 0.4) is 0 Å². The van der Waals surface area contributed by atoms with Crippen LogP contribution in [0.15, 0.2) is 0 Å². The van der Waals surface area contributed by atoms with Crippen molar-refractivity contribution in [2.24, 2.45) is 0 Å². The molecule has 8 N–H and O–H groups in total. The van der Waals surface area contributed by atoms with Crippen molar-refractivity contribution in [3.63, 3.8) is 0 Å². The van der Waals surface area contributed by atoms with Crippen LogP contribution in [0.25, 0.3) is 0 Å². The minimum absolute atomic E-state index is 0. The molecule has 8 nitrogen and oxygen atoms in total. The molecule has 0 aliphatic rings. The van der Waals surface area contributed by atoms with E-state index in [1.807, 2.05) is 0 Å². The summed E-state index contributed by atoms with van der Waals surface area (Å²) in [4.78, 5) is 10.9. The molecule has 0 heterocycles. The van der Waals surface area contributed by atoms with Gasteiger partial charge in [-0.05, 0) is 6.42 Å². The number of carbonyl (C=O) groups excluding carboxylic acids is 1. The maximum atomic E-state index is 10.9. The SMILES string of the molecule is CCCCCCCCCCCC(=O)OS(=O)(=O)[O-].CC[O-].[NH4+].[NH4+]. The Morgan fingerprint density at radius 3 is 1.57 bits per heavy atom. The normalized spacial score (nSPS) is 9.74. The lowest BCUT2D eigenvalue weighted by Gasteiger charge is -2.06. The Kier molecular flexibility index (Phi) is 27.9. The van der Waals surface area contributed by atoms with Gasteiger partial charge >= 0.3 is 5.97 Å². The summed E-state index contributed by atoms with van der Waals surface area (Å²) in [6.45, 7) is 3.75. The van der Waals surface area contributed by atoms with E-state index >= 15 is 0 Å². The highest BCUT2D eigenvalue weighted by atomic mass is 32.3. The Labute approximate surface area is 141 Å². The minimum atomic E-state index is -4.88. The summed E-state index contributed by atoms with van der Waals surface area (Å²) >= 11 is 0. The maximum absolute atomic E-state index is 10.9. The van der Waals surface area contributed by atoms with Gasteiger partial charge in [0.15, 0.2) is 0 Å². The largest absolute Gasteiger partial charge is 0.855 e. The van der Waals surface area contributed by atoms with Crippen LogP contribution in [-0.2, 0) is 19.4 Å². The van der Waals surface area contributed by atoms with Crippen molar-refractivity contribution < 1.29 is 27.1 Å². The summed E-state index contributed by atoms with van der Waals surface area (Å²) in [7, 11) is -4.88. The van der Waals surface area contributed by atoms with Crippen LogP contribution in [0.2, 0.25) is 0 Å². The van der Waals surface area contributed by atoms with E-state index in [2.05, 4.69) is 11.1 Å². The van der Waals surface area contributed by atoms with Crippen molar-refractivity contribution in [3.8, 4) is 0 Å². The van der Waals surface area contributed by atoms with Gasteiger partial charge in [0.2, 0.25) is 0 Å². The molecule has 0 aromatic carbocycles. The van der Waals surface area contributed by atoms with Gasteiger partial charge in [-0.2, -0.15) is 0 Å². The lowest BCUT2D eigenvalue weighted by molar-refractivity contribution is -0.361. The Morgan fingerprint density at radius 1 is 0.870 bits per heavy atom. The Hall–Kier alpha value is -0.740. The summed E-state index contributed by atoms with van der Waals surface area (Å²) in [5.74, 6) is -0.951. The van der Waals surface area contributed by atoms with Gasteiger partial charge in [-0.3, -0.25) is 4.79 Å². The van der Waals surface area contributed by atoms with Crippen LogP contribution in [0.1, 0.15) is 78.1 Å². The van der Waals surface area contributed by atoms with Crippen LogP contribution >= 0.6 is 0 Å². The van der Waals surface area contributed by atoms with Crippen molar-refractivity contribution in [1.29, 1.82) is 0 Å². The minimum Gasteiger partial charge on any atom is -0.855 e. The van der Waals surface area contributed by atoms with Gasteiger partial charge in [0.1, 0.15) is 0 Å². The number of carbonyl (C=O) groups is 1. The highest BCUT2D eigenvalue weighted by Crippen LogP contribution is 2.10. The van der Waals surface area contributed by atoms with Crippen LogP contribution in [0, 0.1) is 0 Å². The molecule has 0 aromatic rings. The van der Waals surface area contributed by atoms with Crippen molar-refractivity contribution in [1.82, 2.24) is 12.3 Å². The number of hydrogen-bond donors (Lipinski definition) is 2.